The smallest absolute Gasteiger partial charge is 0.124 e. The molecule has 1 N–H and O–H groups in total. The van der Waals surface area contributed by atoms with E-state index < -0.39 is 0 Å². The predicted octanol–water partition coefficient (Wildman–Crippen LogP) is 4.41. The summed E-state index contributed by atoms with van der Waals surface area (Å²) in [5.74, 6) is 0.966. The Morgan fingerprint density at radius 2 is 1.90 bits per heavy atom. The molecule has 0 bridgehead atoms. The van der Waals surface area contributed by atoms with Crippen molar-refractivity contribution < 1.29 is 4.74 Å². The highest BCUT2D eigenvalue weighted by Crippen LogP contribution is 2.34. The third-order valence-electron chi connectivity index (χ3n) is 3.20. The molecular formula is C17H23NOS. The molecular weight excluding hydrogens is 266 g/mol. The highest BCUT2D eigenvalue weighted by Gasteiger charge is 2.18. The molecule has 1 atom stereocenters. The van der Waals surface area contributed by atoms with Gasteiger partial charge in [-0.2, -0.15) is 0 Å². The van der Waals surface area contributed by atoms with Gasteiger partial charge in [0.25, 0.3) is 0 Å². The normalized spacial score (nSPS) is 12.7. The first-order chi connectivity index (χ1) is 9.65. The van der Waals surface area contributed by atoms with Gasteiger partial charge in [-0.05, 0) is 45.5 Å². The number of hydrogen-bond donors (Lipinski definition) is 1. The summed E-state index contributed by atoms with van der Waals surface area (Å²) < 4.78 is 5.95. The number of thiophene rings is 1. The van der Waals surface area contributed by atoms with Crippen LogP contribution >= 0.6 is 11.3 Å². The molecule has 0 aliphatic rings. The molecule has 0 fully saturated rings. The Morgan fingerprint density at radius 1 is 1.15 bits per heavy atom. The average Bonchev–Trinajstić information content (AvgIpc) is 2.90. The molecule has 1 unspecified atom stereocenters. The highest BCUT2D eigenvalue weighted by molar-refractivity contribution is 7.12. The summed E-state index contributed by atoms with van der Waals surface area (Å²) in [6.07, 6.45) is 1.27. The zero-order valence-corrected chi connectivity index (χ0v) is 13.5. The Labute approximate surface area is 125 Å². The van der Waals surface area contributed by atoms with Crippen molar-refractivity contribution in [3.8, 4) is 5.75 Å². The minimum absolute atomic E-state index is 0.184. The van der Waals surface area contributed by atoms with Crippen LogP contribution in [0.5, 0.6) is 5.75 Å². The minimum Gasteiger partial charge on any atom is -0.491 e. The molecule has 0 saturated heterocycles. The van der Waals surface area contributed by atoms with Gasteiger partial charge in [0.1, 0.15) is 5.75 Å². The number of nitrogens with one attached hydrogen (secondary N) is 1. The SMILES string of the molecule is CCc1ccc(C(NC)c2ccccc2OC(C)C)s1. The van der Waals surface area contributed by atoms with Gasteiger partial charge in [0.15, 0.2) is 0 Å². The minimum atomic E-state index is 0.184. The van der Waals surface area contributed by atoms with Crippen molar-refractivity contribution in [2.24, 2.45) is 0 Å². The van der Waals surface area contributed by atoms with Crippen LogP contribution in [0.3, 0.4) is 0 Å². The van der Waals surface area contributed by atoms with Gasteiger partial charge in [0, 0.05) is 15.3 Å². The number of ether oxygens (including phenoxy) is 1. The standard InChI is InChI=1S/C17H23NOS/c1-5-13-10-11-16(20-13)17(18-4)14-8-6-7-9-15(14)19-12(2)3/h6-12,17-18H,5H2,1-4H3. The van der Waals surface area contributed by atoms with E-state index in [0.29, 0.717) is 0 Å². The molecule has 2 nitrogen and oxygen atoms in total. The van der Waals surface area contributed by atoms with E-state index in [-0.39, 0.29) is 12.1 Å². The Kier molecular flexibility index (Phi) is 5.21. The van der Waals surface area contributed by atoms with Gasteiger partial charge in [-0.1, -0.05) is 25.1 Å². The molecule has 0 radical (unpaired) electrons. The highest BCUT2D eigenvalue weighted by atomic mass is 32.1. The summed E-state index contributed by atoms with van der Waals surface area (Å²) in [6, 6.07) is 12.9. The van der Waals surface area contributed by atoms with Crippen molar-refractivity contribution >= 4 is 11.3 Å². The maximum Gasteiger partial charge on any atom is 0.124 e. The third-order valence-corrected chi connectivity index (χ3v) is 4.49. The van der Waals surface area contributed by atoms with Crippen molar-refractivity contribution in [1.82, 2.24) is 5.32 Å². The first kappa shape index (κ1) is 15.1. The van der Waals surface area contributed by atoms with E-state index in [1.807, 2.05) is 30.5 Å². The lowest BCUT2D eigenvalue weighted by atomic mass is 10.0. The Morgan fingerprint density at radius 3 is 2.50 bits per heavy atom. The molecule has 20 heavy (non-hydrogen) atoms. The predicted molar refractivity (Wildman–Crippen MR) is 86.8 cm³/mol. The monoisotopic (exact) mass is 289 g/mol. The van der Waals surface area contributed by atoms with E-state index in [9.17, 15) is 0 Å². The lowest BCUT2D eigenvalue weighted by Crippen LogP contribution is -2.18. The maximum atomic E-state index is 5.95. The zero-order valence-electron chi connectivity index (χ0n) is 12.6. The summed E-state index contributed by atoms with van der Waals surface area (Å²) in [6.45, 7) is 6.32. The molecule has 1 aromatic carbocycles. The average molecular weight is 289 g/mol. The van der Waals surface area contributed by atoms with Crippen LogP contribution in [0.25, 0.3) is 0 Å². The molecule has 1 aromatic heterocycles. The summed E-state index contributed by atoms with van der Waals surface area (Å²) in [5.41, 5.74) is 1.20. The summed E-state index contributed by atoms with van der Waals surface area (Å²) in [5, 5.41) is 3.42. The molecule has 3 heteroatoms. The fourth-order valence-electron chi connectivity index (χ4n) is 2.27. The Hall–Kier alpha value is -1.32. The number of hydrogen-bond acceptors (Lipinski definition) is 3. The van der Waals surface area contributed by atoms with E-state index in [0.717, 1.165) is 12.2 Å². The summed E-state index contributed by atoms with van der Waals surface area (Å²) >= 11 is 1.87. The van der Waals surface area contributed by atoms with Gasteiger partial charge in [-0.3, -0.25) is 0 Å². The summed E-state index contributed by atoms with van der Waals surface area (Å²) in [4.78, 5) is 2.76. The van der Waals surface area contributed by atoms with Crippen LogP contribution in [0.4, 0.5) is 0 Å². The molecule has 0 aliphatic carbocycles. The lowest BCUT2D eigenvalue weighted by molar-refractivity contribution is 0.239. The van der Waals surface area contributed by atoms with Gasteiger partial charge in [0.05, 0.1) is 12.1 Å². The zero-order chi connectivity index (χ0) is 14.5. The van der Waals surface area contributed by atoms with Gasteiger partial charge < -0.3 is 10.1 Å². The molecule has 1 heterocycles. The molecule has 0 saturated carbocycles. The maximum absolute atomic E-state index is 5.95. The second-order valence-electron chi connectivity index (χ2n) is 5.08. The van der Waals surface area contributed by atoms with Crippen LogP contribution in [0.15, 0.2) is 36.4 Å². The first-order valence-electron chi connectivity index (χ1n) is 7.17. The Bertz CT molecular complexity index is 547. The number of aryl methyl sites for hydroxylation is 1. The molecule has 2 aromatic rings. The van der Waals surface area contributed by atoms with Crippen molar-refractivity contribution in [3.05, 3.63) is 51.7 Å². The lowest BCUT2D eigenvalue weighted by Gasteiger charge is -2.20. The van der Waals surface area contributed by atoms with Crippen molar-refractivity contribution in [2.75, 3.05) is 7.05 Å². The molecule has 0 amide bonds. The van der Waals surface area contributed by atoms with E-state index in [1.165, 1.54) is 15.3 Å². The van der Waals surface area contributed by atoms with E-state index in [4.69, 9.17) is 4.74 Å². The second-order valence-corrected chi connectivity index (χ2v) is 6.28. The molecule has 0 spiro atoms. The topological polar surface area (TPSA) is 21.3 Å². The first-order valence-corrected chi connectivity index (χ1v) is 7.98. The number of rotatable bonds is 6. The van der Waals surface area contributed by atoms with Crippen LogP contribution in [0.1, 0.15) is 42.1 Å². The van der Waals surface area contributed by atoms with Gasteiger partial charge >= 0.3 is 0 Å². The summed E-state index contributed by atoms with van der Waals surface area (Å²) in [7, 11) is 2.00. The van der Waals surface area contributed by atoms with Crippen LogP contribution in [0, 0.1) is 0 Å². The number of benzene rings is 1. The number of para-hydroxylation sites is 1. The van der Waals surface area contributed by atoms with Gasteiger partial charge in [-0.15, -0.1) is 11.3 Å². The second kappa shape index (κ2) is 6.91. The Balaban J connectivity index is 2.36. The van der Waals surface area contributed by atoms with Crippen LogP contribution in [-0.4, -0.2) is 13.2 Å². The van der Waals surface area contributed by atoms with Crippen LogP contribution < -0.4 is 10.1 Å². The van der Waals surface area contributed by atoms with Crippen molar-refractivity contribution in [3.63, 3.8) is 0 Å². The quantitative estimate of drug-likeness (QED) is 0.850. The fourth-order valence-corrected chi connectivity index (χ4v) is 3.35. The van der Waals surface area contributed by atoms with Crippen LogP contribution in [-0.2, 0) is 6.42 Å². The van der Waals surface area contributed by atoms with E-state index in [1.54, 1.807) is 0 Å². The van der Waals surface area contributed by atoms with Crippen LogP contribution in [0.2, 0.25) is 0 Å². The van der Waals surface area contributed by atoms with Gasteiger partial charge in [-0.25, -0.2) is 0 Å². The fraction of sp³-hybridized carbons (Fsp3) is 0.412. The van der Waals surface area contributed by atoms with E-state index >= 15 is 0 Å². The van der Waals surface area contributed by atoms with Crippen molar-refractivity contribution in [2.45, 2.75) is 39.3 Å². The van der Waals surface area contributed by atoms with E-state index in [2.05, 4.69) is 50.4 Å². The largest absolute Gasteiger partial charge is 0.491 e. The third kappa shape index (κ3) is 3.41. The van der Waals surface area contributed by atoms with Gasteiger partial charge in [0.2, 0.25) is 0 Å². The molecule has 0 aliphatic heterocycles. The molecule has 2 rings (SSSR count). The molecule has 108 valence electrons. The van der Waals surface area contributed by atoms with Crippen molar-refractivity contribution in [1.29, 1.82) is 0 Å².